The van der Waals surface area contributed by atoms with Gasteiger partial charge < -0.3 is 13.7 Å². The van der Waals surface area contributed by atoms with Gasteiger partial charge in [-0.2, -0.15) is 0 Å². The number of hydrogen-bond donors (Lipinski definition) is 0. The van der Waals surface area contributed by atoms with E-state index in [9.17, 15) is 0 Å². The molecule has 0 saturated heterocycles. The van der Waals surface area contributed by atoms with Crippen LogP contribution in [0.5, 0.6) is 0 Å². The van der Waals surface area contributed by atoms with Crippen LogP contribution in [0.15, 0.2) is 197 Å². The zero-order valence-electron chi connectivity index (χ0n) is 27.7. The molecule has 51 heavy (non-hydrogen) atoms. The van der Waals surface area contributed by atoms with E-state index in [1.165, 1.54) is 16.7 Å². The topological polar surface area (TPSA) is 29.5 Å². The predicted octanol–water partition coefficient (Wildman–Crippen LogP) is 14.0. The van der Waals surface area contributed by atoms with Crippen molar-refractivity contribution in [3.05, 3.63) is 188 Å². The van der Waals surface area contributed by atoms with E-state index in [1.54, 1.807) is 0 Å². The molecule has 240 valence electrons. The van der Waals surface area contributed by atoms with Crippen molar-refractivity contribution in [3.8, 4) is 33.4 Å². The molecule has 0 bridgehead atoms. The van der Waals surface area contributed by atoms with E-state index >= 15 is 0 Å². The van der Waals surface area contributed by atoms with Gasteiger partial charge in [-0.05, 0) is 70.3 Å². The molecular formula is C48H31NO2. The first-order valence-electron chi connectivity index (χ1n) is 17.3. The van der Waals surface area contributed by atoms with Crippen molar-refractivity contribution in [2.45, 2.75) is 0 Å². The Bertz CT molecular complexity index is 2850. The fourth-order valence-electron chi connectivity index (χ4n) is 7.49. The van der Waals surface area contributed by atoms with Crippen LogP contribution in [0, 0.1) is 0 Å². The molecule has 2 heterocycles. The number of nitrogens with zero attached hydrogens (tertiary/aromatic N) is 1. The number of furan rings is 2. The Balaban J connectivity index is 1.18. The van der Waals surface area contributed by atoms with Crippen molar-refractivity contribution in [1.82, 2.24) is 0 Å². The van der Waals surface area contributed by atoms with Crippen molar-refractivity contribution in [3.63, 3.8) is 0 Å². The average molecular weight is 654 g/mol. The Labute approximate surface area is 295 Å². The minimum absolute atomic E-state index is 0.834. The molecule has 0 aliphatic carbocycles. The van der Waals surface area contributed by atoms with Gasteiger partial charge >= 0.3 is 0 Å². The summed E-state index contributed by atoms with van der Waals surface area (Å²) < 4.78 is 13.3. The molecule has 2 aromatic heterocycles. The van der Waals surface area contributed by atoms with Gasteiger partial charge in [-0.25, -0.2) is 0 Å². The van der Waals surface area contributed by atoms with Gasteiger partial charge in [0.05, 0.1) is 16.8 Å². The maximum absolute atomic E-state index is 6.96. The first-order valence-corrected chi connectivity index (χ1v) is 17.3. The number of rotatable bonds is 6. The number of hydrogen-bond acceptors (Lipinski definition) is 3. The second-order valence-electron chi connectivity index (χ2n) is 12.9. The molecule has 0 unspecified atom stereocenters. The molecule has 0 atom stereocenters. The molecule has 0 N–H and O–H groups in total. The van der Waals surface area contributed by atoms with Gasteiger partial charge in [-0.15, -0.1) is 0 Å². The van der Waals surface area contributed by atoms with Crippen LogP contribution >= 0.6 is 0 Å². The summed E-state index contributed by atoms with van der Waals surface area (Å²) in [6.45, 7) is 0. The minimum Gasteiger partial charge on any atom is -0.456 e. The highest BCUT2D eigenvalue weighted by Crippen LogP contribution is 2.47. The lowest BCUT2D eigenvalue weighted by molar-refractivity contribution is 0.668. The van der Waals surface area contributed by atoms with Crippen molar-refractivity contribution < 1.29 is 8.83 Å². The third kappa shape index (κ3) is 4.90. The van der Waals surface area contributed by atoms with Crippen LogP contribution in [0.1, 0.15) is 0 Å². The maximum Gasteiger partial charge on any atom is 0.159 e. The lowest BCUT2D eigenvalue weighted by atomic mass is 9.98. The largest absolute Gasteiger partial charge is 0.456 e. The molecule has 0 aliphatic rings. The first-order chi connectivity index (χ1) is 25.3. The molecule has 10 aromatic rings. The predicted molar refractivity (Wildman–Crippen MR) is 212 cm³/mol. The monoisotopic (exact) mass is 653 g/mol. The summed E-state index contributed by atoms with van der Waals surface area (Å²) >= 11 is 0. The summed E-state index contributed by atoms with van der Waals surface area (Å²) in [4.78, 5) is 2.32. The summed E-state index contributed by atoms with van der Waals surface area (Å²) in [7, 11) is 0. The fourth-order valence-corrected chi connectivity index (χ4v) is 7.49. The summed E-state index contributed by atoms with van der Waals surface area (Å²) in [6, 6.07) is 66.0. The van der Waals surface area contributed by atoms with Gasteiger partial charge in [0.15, 0.2) is 5.58 Å². The summed E-state index contributed by atoms with van der Waals surface area (Å²) in [5.41, 5.74) is 13.3. The molecular weight excluding hydrogens is 623 g/mol. The molecule has 0 fully saturated rings. The molecule has 8 aromatic carbocycles. The zero-order valence-corrected chi connectivity index (χ0v) is 27.7. The SMILES string of the molecule is c1ccc(-c2cccc(-c3ccc(N(c4cccc5c4oc4c(-c6ccccc6)cccc45)c4cccc5oc6ccccc6c45)cc3)c2)cc1. The second kappa shape index (κ2) is 11.9. The Morgan fingerprint density at radius 1 is 0.333 bits per heavy atom. The molecule has 3 nitrogen and oxygen atoms in total. The molecule has 0 spiro atoms. The van der Waals surface area contributed by atoms with Crippen LogP contribution in [-0.4, -0.2) is 0 Å². The van der Waals surface area contributed by atoms with Crippen LogP contribution in [0.2, 0.25) is 0 Å². The minimum atomic E-state index is 0.834. The van der Waals surface area contributed by atoms with Crippen molar-refractivity contribution >= 4 is 60.9 Å². The third-order valence-electron chi connectivity index (χ3n) is 9.88. The number of benzene rings is 8. The second-order valence-corrected chi connectivity index (χ2v) is 12.9. The van der Waals surface area contributed by atoms with Crippen LogP contribution in [0.25, 0.3) is 77.3 Å². The average Bonchev–Trinajstić information content (AvgIpc) is 3.79. The van der Waals surface area contributed by atoms with E-state index in [0.29, 0.717) is 0 Å². The lowest BCUT2D eigenvalue weighted by Crippen LogP contribution is -2.10. The summed E-state index contributed by atoms with van der Waals surface area (Å²) in [5, 5.41) is 4.30. The lowest BCUT2D eigenvalue weighted by Gasteiger charge is -2.26. The highest BCUT2D eigenvalue weighted by molar-refractivity contribution is 6.17. The Morgan fingerprint density at radius 3 is 1.67 bits per heavy atom. The van der Waals surface area contributed by atoms with E-state index in [-0.39, 0.29) is 0 Å². The van der Waals surface area contributed by atoms with Gasteiger partial charge in [0, 0.05) is 27.4 Å². The Morgan fingerprint density at radius 2 is 0.882 bits per heavy atom. The van der Waals surface area contributed by atoms with Gasteiger partial charge in [0.1, 0.15) is 16.7 Å². The standard InChI is InChI=1S/C48H31NO2/c1-3-13-32(14-4-1)35-17-9-18-36(31-35)33-27-29-37(30-28-33)49(42-23-12-26-45-46(42)41-19-7-8-25-44(41)50-45)43-24-11-22-40-39-21-10-20-38(47(39)51-48(40)43)34-15-5-2-6-16-34/h1-31H. The molecule has 0 aliphatic heterocycles. The van der Waals surface area contributed by atoms with E-state index in [2.05, 4.69) is 169 Å². The highest BCUT2D eigenvalue weighted by Gasteiger charge is 2.24. The van der Waals surface area contributed by atoms with Crippen molar-refractivity contribution in [2.24, 2.45) is 0 Å². The van der Waals surface area contributed by atoms with Gasteiger partial charge in [0.2, 0.25) is 0 Å². The quantitative estimate of drug-likeness (QED) is 0.179. The molecule has 0 amide bonds. The van der Waals surface area contributed by atoms with E-state index in [1.807, 2.05) is 24.3 Å². The Kier molecular flexibility index (Phi) is 6.81. The van der Waals surface area contributed by atoms with E-state index in [4.69, 9.17) is 8.83 Å². The Hall–Kier alpha value is -6.84. The van der Waals surface area contributed by atoms with Gasteiger partial charge in [0.25, 0.3) is 0 Å². The fraction of sp³-hybridized carbons (Fsp3) is 0. The normalized spacial score (nSPS) is 11.5. The van der Waals surface area contributed by atoms with Crippen LogP contribution < -0.4 is 4.90 Å². The summed E-state index contributed by atoms with van der Waals surface area (Å²) in [6.07, 6.45) is 0. The number of fused-ring (bicyclic) bond motifs is 6. The highest BCUT2D eigenvalue weighted by atomic mass is 16.3. The number of para-hydroxylation sites is 3. The summed E-state index contributed by atoms with van der Waals surface area (Å²) in [5.74, 6) is 0. The molecule has 0 radical (unpaired) electrons. The number of anilines is 3. The van der Waals surface area contributed by atoms with Crippen molar-refractivity contribution in [1.29, 1.82) is 0 Å². The molecule has 10 rings (SSSR count). The van der Waals surface area contributed by atoms with Gasteiger partial charge in [-0.1, -0.05) is 146 Å². The van der Waals surface area contributed by atoms with Gasteiger partial charge in [-0.3, -0.25) is 0 Å². The smallest absolute Gasteiger partial charge is 0.159 e. The van der Waals surface area contributed by atoms with Crippen LogP contribution in [0.4, 0.5) is 17.1 Å². The van der Waals surface area contributed by atoms with Crippen LogP contribution in [-0.2, 0) is 0 Å². The third-order valence-corrected chi connectivity index (χ3v) is 9.88. The molecule has 0 saturated carbocycles. The van der Waals surface area contributed by atoms with E-state index < -0.39 is 0 Å². The zero-order chi connectivity index (χ0) is 33.7. The van der Waals surface area contributed by atoms with E-state index in [0.717, 1.165) is 77.6 Å². The molecule has 3 heteroatoms. The maximum atomic E-state index is 6.96. The van der Waals surface area contributed by atoms with Crippen molar-refractivity contribution in [2.75, 3.05) is 4.90 Å². The van der Waals surface area contributed by atoms with Crippen LogP contribution in [0.3, 0.4) is 0 Å². The first kappa shape index (κ1) is 29.1.